The fourth-order valence-electron chi connectivity index (χ4n) is 1.52. The molecule has 1 atom stereocenters. The average molecular weight is 186 g/mol. The van der Waals surface area contributed by atoms with Crippen LogP contribution in [-0.2, 0) is 6.42 Å². The Hall–Kier alpha value is 0.01000. The molecular formula is C8H10OS2. The molecule has 0 radical (unpaired) electrons. The van der Waals surface area contributed by atoms with Crippen molar-refractivity contribution >= 4 is 24.0 Å². The molecule has 1 unspecified atom stereocenters. The van der Waals surface area contributed by atoms with Gasteiger partial charge in [0.2, 0.25) is 0 Å². The van der Waals surface area contributed by atoms with Crippen molar-refractivity contribution in [1.29, 1.82) is 0 Å². The maximum absolute atomic E-state index is 9.55. The third kappa shape index (κ3) is 1.33. The van der Waals surface area contributed by atoms with E-state index in [9.17, 15) is 5.11 Å². The summed E-state index contributed by atoms with van der Waals surface area (Å²) in [5.41, 5.74) is 1.30. The SMILES string of the molecule is OC1CCCc2cc(S)sc21. The molecule has 1 heterocycles. The maximum atomic E-state index is 9.55. The van der Waals surface area contributed by atoms with Crippen LogP contribution < -0.4 is 0 Å². The highest BCUT2D eigenvalue weighted by Crippen LogP contribution is 2.37. The second-order valence-corrected chi connectivity index (χ2v) is 4.75. The molecule has 1 N–H and O–H groups in total. The normalized spacial score (nSPS) is 23.3. The Kier molecular flexibility index (Phi) is 1.95. The van der Waals surface area contributed by atoms with Gasteiger partial charge in [0, 0.05) is 4.88 Å². The van der Waals surface area contributed by atoms with Gasteiger partial charge in [0.25, 0.3) is 0 Å². The number of fused-ring (bicyclic) bond motifs is 1. The lowest BCUT2D eigenvalue weighted by Crippen LogP contribution is -2.04. The topological polar surface area (TPSA) is 20.2 Å². The Morgan fingerprint density at radius 3 is 3.18 bits per heavy atom. The van der Waals surface area contributed by atoms with Crippen LogP contribution in [0.25, 0.3) is 0 Å². The molecule has 1 nitrogen and oxygen atoms in total. The average Bonchev–Trinajstić information content (AvgIpc) is 2.31. The molecule has 1 aromatic heterocycles. The minimum Gasteiger partial charge on any atom is -0.388 e. The van der Waals surface area contributed by atoms with Crippen LogP contribution in [0.1, 0.15) is 29.4 Å². The van der Waals surface area contributed by atoms with Crippen molar-refractivity contribution < 1.29 is 5.11 Å². The Bertz CT molecular complexity index is 267. The van der Waals surface area contributed by atoms with Crippen molar-refractivity contribution in [3.63, 3.8) is 0 Å². The molecule has 0 spiro atoms. The van der Waals surface area contributed by atoms with Gasteiger partial charge in [-0.05, 0) is 30.9 Å². The fraction of sp³-hybridized carbons (Fsp3) is 0.500. The van der Waals surface area contributed by atoms with Gasteiger partial charge in [0.15, 0.2) is 0 Å². The highest BCUT2D eigenvalue weighted by Gasteiger charge is 2.19. The summed E-state index contributed by atoms with van der Waals surface area (Å²) in [6.45, 7) is 0. The summed E-state index contributed by atoms with van der Waals surface area (Å²) < 4.78 is 1.02. The van der Waals surface area contributed by atoms with E-state index in [0.717, 1.165) is 28.3 Å². The minimum atomic E-state index is -0.218. The van der Waals surface area contributed by atoms with Crippen molar-refractivity contribution in [1.82, 2.24) is 0 Å². The number of thiol groups is 1. The zero-order valence-corrected chi connectivity index (χ0v) is 7.79. The van der Waals surface area contributed by atoms with E-state index >= 15 is 0 Å². The number of aryl methyl sites for hydroxylation is 1. The zero-order valence-electron chi connectivity index (χ0n) is 6.08. The van der Waals surface area contributed by atoms with Crippen molar-refractivity contribution in [3.8, 4) is 0 Å². The number of hydrogen-bond acceptors (Lipinski definition) is 3. The Balaban J connectivity index is 2.43. The first-order chi connectivity index (χ1) is 5.27. The Morgan fingerprint density at radius 2 is 2.45 bits per heavy atom. The zero-order chi connectivity index (χ0) is 7.84. The number of rotatable bonds is 0. The smallest absolute Gasteiger partial charge is 0.0885 e. The van der Waals surface area contributed by atoms with E-state index in [0.29, 0.717) is 0 Å². The van der Waals surface area contributed by atoms with Crippen molar-refractivity contribution in [2.75, 3.05) is 0 Å². The predicted molar refractivity (Wildman–Crippen MR) is 49.5 cm³/mol. The first-order valence-corrected chi connectivity index (χ1v) is 5.03. The van der Waals surface area contributed by atoms with E-state index in [1.165, 1.54) is 5.56 Å². The second-order valence-electron chi connectivity index (χ2n) is 2.88. The summed E-state index contributed by atoms with van der Waals surface area (Å²) >= 11 is 5.87. The molecule has 0 saturated carbocycles. The lowest BCUT2D eigenvalue weighted by atomic mass is 9.97. The van der Waals surface area contributed by atoms with Crippen molar-refractivity contribution in [2.45, 2.75) is 29.6 Å². The molecule has 0 aromatic carbocycles. The molecule has 0 bridgehead atoms. The van der Waals surface area contributed by atoms with E-state index in [2.05, 4.69) is 18.7 Å². The van der Waals surface area contributed by atoms with Gasteiger partial charge < -0.3 is 5.11 Å². The number of thiophene rings is 1. The largest absolute Gasteiger partial charge is 0.388 e. The van der Waals surface area contributed by atoms with Crippen LogP contribution in [0.15, 0.2) is 10.3 Å². The molecule has 3 heteroatoms. The third-order valence-corrected chi connectivity index (χ3v) is 3.54. The molecular weight excluding hydrogens is 176 g/mol. The summed E-state index contributed by atoms with van der Waals surface area (Å²) in [5, 5.41) is 9.55. The minimum absolute atomic E-state index is 0.218. The number of aliphatic hydroxyl groups excluding tert-OH is 1. The van der Waals surface area contributed by atoms with Crippen LogP contribution in [-0.4, -0.2) is 5.11 Å². The van der Waals surface area contributed by atoms with Crippen LogP contribution in [0.4, 0.5) is 0 Å². The lowest BCUT2D eigenvalue weighted by molar-refractivity contribution is 0.161. The van der Waals surface area contributed by atoms with Gasteiger partial charge in [-0.3, -0.25) is 0 Å². The van der Waals surface area contributed by atoms with E-state index in [4.69, 9.17) is 0 Å². The van der Waals surface area contributed by atoms with Crippen molar-refractivity contribution in [2.24, 2.45) is 0 Å². The molecule has 1 aliphatic rings. The summed E-state index contributed by atoms with van der Waals surface area (Å²) in [5.74, 6) is 0. The van der Waals surface area contributed by atoms with Crippen LogP contribution in [0, 0.1) is 0 Å². The third-order valence-electron chi connectivity index (χ3n) is 2.06. The number of hydrogen-bond donors (Lipinski definition) is 2. The van der Waals surface area contributed by atoms with E-state index < -0.39 is 0 Å². The van der Waals surface area contributed by atoms with Gasteiger partial charge in [-0.25, -0.2) is 0 Å². The summed E-state index contributed by atoms with van der Waals surface area (Å²) in [7, 11) is 0. The van der Waals surface area contributed by atoms with Crippen molar-refractivity contribution in [3.05, 3.63) is 16.5 Å². The van der Waals surface area contributed by atoms with Gasteiger partial charge >= 0.3 is 0 Å². The first kappa shape index (κ1) is 7.65. The maximum Gasteiger partial charge on any atom is 0.0885 e. The van der Waals surface area contributed by atoms with Gasteiger partial charge in [-0.15, -0.1) is 24.0 Å². The molecule has 0 amide bonds. The van der Waals surface area contributed by atoms with Crippen LogP contribution in [0.2, 0.25) is 0 Å². The second kappa shape index (κ2) is 2.81. The highest BCUT2D eigenvalue weighted by molar-refractivity contribution is 7.82. The van der Waals surface area contributed by atoms with Gasteiger partial charge in [-0.2, -0.15) is 0 Å². The predicted octanol–water partition coefficient (Wildman–Crippen LogP) is 2.41. The van der Waals surface area contributed by atoms with Gasteiger partial charge in [0.05, 0.1) is 10.3 Å². The summed E-state index contributed by atoms with van der Waals surface area (Å²) in [4.78, 5) is 1.14. The molecule has 60 valence electrons. The van der Waals surface area contributed by atoms with Gasteiger partial charge in [-0.1, -0.05) is 0 Å². The molecule has 2 rings (SSSR count). The summed E-state index contributed by atoms with van der Waals surface area (Å²) in [6, 6.07) is 2.07. The molecule has 0 fully saturated rings. The van der Waals surface area contributed by atoms with Crippen LogP contribution in [0.5, 0.6) is 0 Å². The summed E-state index contributed by atoms with van der Waals surface area (Å²) in [6.07, 6.45) is 2.92. The molecule has 1 aliphatic carbocycles. The standard InChI is InChI=1S/C8H10OS2/c9-6-3-1-2-5-4-7(10)11-8(5)6/h4,6,9-10H,1-3H2. The van der Waals surface area contributed by atoms with E-state index in [1.807, 2.05) is 0 Å². The first-order valence-electron chi connectivity index (χ1n) is 3.77. The molecule has 0 saturated heterocycles. The Labute approximate surface area is 75.5 Å². The molecule has 1 aromatic rings. The monoisotopic (exact) mass is 186 g/mol. The lowest BCUT2D eigenvalue weighted by Gasteiger charge is -2.16. The molecule has 11 heavy (non-hydrogen) atoms. The molecule has 0 aliphatic heterocycles. The van der Waals surface area contributed by atoms with Gasteiger partial charge in [0.1, 0.15) is 0 Å². The van der Waals surface area contributed by atoms with Crippen LogP contribution in [0.3, 0.4) is 0 Å². The highest BCUT2D eigenvalue weighted by atomic mass is 32.2. The van der Waals surface area contributed by atoms with Crippen LogP contribution >= 0.6 is 24.0 Å². The quantitative estimate of drug-likeness (QED) is 0.596. The van der Waals surface area contributed by atoms with E-state index in [1.54, 1.807) is 11.3 Å². The Morgan fingerprint density at radius 1 is 1.64 bits per heavy atom. The number of aliphatic hydroxyl groups is 1. The fourth-order valence-corrected chi connectivity index (χ4v) is 2.95. The van der Waals surface area contributed by atoms with E-state index in [-0.39, 0.29) is 6.10 Å².